The van der Waals surface area contributed by atoms with Gasteiger partial charge in [-0.25, -0.2) is 0 Å². The zero-order valence-electron chi connectivity index (χ0n) is 16.1. The maximum Gasteiger partial charge on any atom is 0.226 e. The maximum absolute atomic E-state index is 12.4. The van der Waals surface area contributed by atoms with Crippen LogP contribution in [-0.4, -0.2) is 37.4 Å². The molecule has 0 radical (unpaired) electrons. The van der Waals surface area contributed by atoms with Gasteiger partial charge in [0, 0.05) is 11.6 Å². The molecule has 144 valence electrons. The summed E-state index contributed by atoms with van der Waals surface area (Å²) in [5.74, 6) is 1.44. The lowest BCUT2D eigenvalue weighted by Crippen LogP contribution is -2.36. The largest absolute Gasteiger partial charge is 0.493 e. The zero-order chi connectivity index (χ0) is 18.0. The lowest BCUT2D eigenvalue weighted by molar-refractivity contribution is -0.120. The van der Waals surface area contributed by atoms with E-state index < -0.39 is 0 Å². The molecule has 1 fully saturated rings. The first-order valence-electron chi connectivity index (χ1n) is 9.10. The normalized spacial score (nSPS) is 17.3. The van der Waals surface area contributed by atoms with Crippen LogP contribution in [0.25, 0.3) is 0 Å². The highest BCUT2D eigenvalue weighted by molar-refractivity contribution is 6.12. The van der Waals surface area contributed by atoms with Gasteiger partial charge in [-0.3, -0.25) is 9.79 Å². The Morgan fingerprint density at radius 1 is 1.19 bits per heavy atom. The highest BCUT2D eigenvalue weighted by Crippen LogP contribution is 2.43. The van der Waals surface area contributed by atoms with Crippen molar-refractivity contribution >= 4 is 24.0 Å². The van der Waals surface area contributed by atoms with Crippen molar-refractivity contribution in [3.63, 3.8) is 0 Å². The Balaban J connectivity index is 0.00000243. The summed E-state index contributed by atoms with van der Waals surface area (Å²) >= 11 is 0. The number of aliphatic imine (C=N–C) groups is 1. The lowest BCUT2D eigenvalue weighted by atomic mass is 9.82. The van der Waals surface area contributed by atoms with Crippen molar-refractivity contribution in [2.75, 3.05) is 14.2 Å². The molecule has 0 unspecified atom stereocenters. The van der Waals surface area contributed by atoms with Crippen molar-refractivity contribution < 1.29 is 14.3 Å². The van der Waals surface area contributed by atoms with Crippen LogP contribution in [0.15, 0.2) is 17.1 Å². The SMILES string of the molecule is COc1cc2c(cc1OC)C(CC(=O)NC(C)C)=NC1(CCCC1)C2.Cl. The third kappa shape index (κ3) is 4.14. The molecule has 6 heteroatoms. The minimum atomic E-state index is -0.0416. The lowest BCUT2D eigenvalue weighted by Gasteiger charge is -2.32. The summed E-state index contributed by atoms with van der Waals surface area (Å²) in [5.41, 5.74) is 3.07. The fourth-order valence-corrected chi connectivity index (χ4v) is 4.06. The molecule has 1 aromatic carbocycles. The van der Waals surface area contributed by atoms with E-state index in [-0.39, 0.29) is 29.9 Å². The molecule has 0 aromatic heterocycles. The van der Waals surface area contributed by atoms with Gasteiger partial charge >= 0.3 is 0 Å². The van der Waals surface area contributed by atoms with E-state index in [1.165, 1.54) is 18.4 Å². The molecule has 0 bridgehead atoms. The van der Waals surface area contributed by atoms with E-state index in [4.69, 9.17) is 14.5 Å². The van der Waals surface area contributed by atoms with Crippen molar-refractivity contribution in [1.29, 1.82) is 0 Å². The molecule has 0 saturated heterocycles. The summed E-state index contributed by atoms with van der Waals surface area (Å²) in [4.78, 5) is 17.5. The van der Waals surface area contributed by atoms with Crippen LogP contribution < -0.4 is 14.8 Å². The molecule has 2 aliphatic rings. The summed E-state index contributed by atoms with van der Waals surface area (Å²) in [6, 6.07) is 4.16. The minimum Gasteiger partial charge on any atom is -0.493 e. The molecule has 0 atom stereocenters. The number of carbonyl (C=O) groups excluding carboxylic acids is 1. The average molecular weight is 381 g/mol. The number of amides is 1. The van der Waals surface area contributed by atoms with E-state index in [0.717, 1.165) is 36.3 Å². The highest BCUT2D eigenvalue weighted by atomic mass is 35.5. The van der Waals surface area contributed by atoms with Crippen LogP contribution in [0.1, 0.15) is 57.1 Å². The number of rotatable bonds is 5. The number of nitrogens with zero attached hydrogens (tertiary/aromatic N) is 1. The van der Waals surface area contributed by atoms with Crippen molar-refractivity contribution in [3.8, 4) is 11.5 Å². The molecule has 5 nitrogen and oxygen atoms in total. The fourth-order valence-electron chi connectivity index (χ4n) is 4.06. The van der Waals surface area contributed by atoms with E-state index in [1.807, 2.05) is 19.9 Å². The van der Waals surface area contributed by atoms with Crippen LogP contribution in [0, 0.1) is 0 Å². The van der Waals surface area contributed by atoms with E-state index in [1.54, 1.807) is 14.2 Å². The molecule has 1 aliphatic carbocycles. The first-order chi connectivity index (χ1) is 12.0. The van der Waals surface area contributed by atoms with Gasteiger partial charge in [0.25, 0.3) is 0 Å². The van der Waals surface area contributed by atoms with Crippen molar-refractivity contribution in [2.45, 2.75) is 64.0 Å². The number of hydrogen-bond donors (Lipinski definition) is 1. The second-order valence-corrected chi connectivity index (χ2v) is 7.43. The van der Waals surface area contributed by atoms with Crippen LogP contribution >= 0.6 is 12.4 Å². The molecule has 3 rings (SSSR count). The number of carbonyl (C=O) groups is 1. The topological polar surface area (TPSA) is 59.9 Å². The molecule has 1 spiro atoms. The van der Waals surface area contributed by atoms with E-state index in [9.17, 15) is 4.79 Å². The van der Waals surface area contributed by atoms with Gasteiger partial charge in [-0.1, -0.05) is 12.8 Å². The van der Waals surface area contributed by atoms with Gasteiger partial charge in [-0.15, -0.1) is 12.4 Å². The van der Waals surface area contributed by atoms with Crippen molar-refractivity contribution in [1.82, 2.24) is 5.32 Å². The number of halogens is 1. The summed E-state index contributed by atoms with van der Waals surface area (Å²) < 4.78 is 10.9. The Kier molecular flexibility index (Phi) is 6.56. The second-order valence-electron chi connectivity index (χ2n) is 7.43. The van der Waals surface area contributed by atoms with Crippen molar-refractivity contribution in [3.05, 3.63) is 23.3 Å². The molecular weight excluding hydrogens is 352 g/mol. The smallest absolute Gasteiger partial charge is 0.226 e. The van der Waals surface area contributed by atoms with Crippen LogP contribution in [0.2, 0.25) is 0 Å². The van der Waals surface area contributed by atoms with Crippen molar-refractivity contribution in [2.24, 2.45) is 4.99 Å². The van der Waals surface area contributed by atoms with E-state index >= 15 is 0 Å². The third-order valence-corrected chi connectivity index (χ3v) is 5.12. The fraction of sp³-hybridized carbons (Fsp3) is 0.600. The zero-order valence-corrected chi connectivity index (χ0v) is 16.9. The highest BCUT2D eigenvalue weighted by Gasteiger charge is 2.38. The summed E-state index contributed by atoms with van der Waals surface area (Å²) in [6.07, 6.45) is 5.82. The summed E-state index contributed by atoms with van der Waals surface area (Å²) in [6.45, 7) is 3.95. The number of nitrogens with one attached hydrogen (secondary N) is 1. The predicted molar refractivity (Wildman–Crippen MR) is 106 cm³/mol. The monoisotopic (exact) mass is 380 g/mol. The minimum absolute atomic E-state index is 0. The van der Waals surface area contributed by atoms with Gasteiger partial charge in [-0.05, 0) is 50.8 Å². The maximum atomic E-state index is 12.4. The van der Waals surface area contributed by atoms with E-state index in [2.05, 4.69) is 11.4 Å². The molecule has 1 aliphatic heterocycles. The van der Waals surface area contributed by atoms with Gasteiger partial charge in [0.15, 0.2) is 11.5 Å². The molecule has 1 N–H and O–H groups in total. The summed E-state index contributed by atoms with van der Waals surface area (Å²) in [7, 11) is 3.29. The number of methoxy groups -OCH3 is 2. The number of fused-ring (bicyclic) bond motifs is 1. The number of benzene rings is 1. The quantitative estimate of drug-likeness (QED) is 0.847. The number of hydrogen-bond acceptors (Lipinski definition) is 4. The van der Waals surface area contributed by atoms with Gasteiger partial charge in [-0.2, -0.15) is 0 Å². The van der Waals surface area contributed by atoms with Crippen LogP contribution in [-0.2, 0) is 11.2 Å². The molecule has 26 heavy (non-hydrogen) atoms. The Bertz CT molecular complexity index is 695. The third-order valence-electron chi connectivity index (χ3n) is 5.12. The second kappa shape index (κ2) is 8.30. The van der Waals surface area contributed by atoms with Crippen LogP contribution in [0.3, 0.4) is 0 Å². The molecular formula is C20H29ClN2O3. The molecule has 1 saturated carbocycles. The number of ether oxygens (including phenoxy) is 2. The Morgan fingerprint density at radius 2 is 1.81 bits per heavy atom. The Hall–Kier alpha value is -1.75. The average Bonchev–Trinajstić information content (AvgIpc) is 3.00. The first-order valence-corrected chi connectivity index (χ1v) is 9.10. The molecule has 1 amide bonds. The van der Waals surface area contributed by atoms with Gasteiger partial charge in [0.05, 0.1) is 31.9 Å². The Labute approximate surface area is 162 Å². The predicted octanol–water partition coefficient (Wildman–Crippen LogP) is 3.70. The van der Waals surface area contributed by atoms with Crippen LogP contribution in [0.4, 0.5) is 0 Å². The molecule has 1 heterocycles. The Morgan fingerprint density at radius 3 is 2.38 bits per heavy atom. The first kappa shape index (κ1) is 20.6. The standard InChI is InChI=1S/C20H28N2O3.ClH/c1-13(2)21-19(23)11-16-15-10-18(25-4)17(24-3)9-14(15)12-20(22-16)7-5-6-8-20;/h9-10,13H,5-8,11-12H2,1-4H3,(H,21,23);1H. The van der Waals surface area contributed by atoms with Gasteiger partial charge < -0.3 is 14.8 Å². The van der Waals surface area contributed by atoms with Gasteiger partial charge in [0.1, 0.15) is 0 Å². The van der Waals surface area contributed by atoms with Crippen LogP contribution in [0.5, 0.6) is 11.5 Å². The van der Waals surface area contributed by atoms with E-state index in [0.29, 0.717) is 12.2 Å². The summed E-state index contributed by atoms with van der Waals surface area (Å²) in [5, 5.41) is 2.98. The van der Waals surface area contributed by atoms with Gasteiger partial charge in [0.2, 0.25) is 5.91 Å². The molecule has 1 aromatic rings.